The molecule has 1 unspecified atom stereocenters. The van der Waals surface area contributed by atoms with Crippen molar-refractivity contribution in [1.29, 1.82) is 0 Å². The van der Waals surface area contributed by atoms with Gasteiger partial charge < -0.3 is 4.74 Å². The number of rotatable bonds is 6. The molecule has 1 aromatic heterocycles. The Morgan fingerprint density at radius 1 is 1.67 bits per heavy atom. The normalized spacial score (nSPS) is 14.0. The molecule has 86 valence electrons. The number of sulfonamides is 1. The molecule has 4 nitrogen and oxygen atoms in total. The molecule has 0 amide bonds. The summed E-state index contributed by atoms with van der Waals surface area (Å²) in [6, 6.07) is 3.03. The molecule has 15 heavy (non-hydrogen) atoms. The van der Waals surface area contributed by atoms with Crippen LogP contribution in [0.25, 0.3) is 0 Å². The fourth-order valence-electron chi connectivity index (χ4n) is 1.01. The van der Waals surface area contributed by atoms with Crippen LogP contribution in [0, 0.1) is 0 Å². The number of thiophene rings is 1. The van der Waals surface area contributed by atoms with E-state index >= 15 is 0 Å². The van der Waals surface area contributed by atoms with Gasteiger partial charge in [-0.1, -0.05) is 22.0 Å². The summed E-state index contributed by atoms with van der Waals surface area (Å²) in [5, 5.41) is 2.25. The van der Waals surface area contributed by atoms with Crippen molar-refractivity contribution in [2.75, 3.05) is 19.0 Å². The molecular formula is C8H12BrNO3S2. The fourth-order valence-corrected chi connectivity index (χ4v) is 3.80. The van der Waals surface area contributed by atoms with Gasteiger partial charge in [-0.3, -0.25) is 0 Å². The number of nitrogens with one attached hydrogen (secondary N) is 1. The quantitative estimate of drug-likeness (QED) is 0.808. The summed E-state index contributed by atoms with van der Waals surface area (Å²) in [6.45, 7) is 0.343. The maximum Gasteiger partial charge on any atom is 0.250 e. The second kappa shape index (κ2) is 5.95. The van der Waals surface area contributed by atoms with E-state index < -0.39 is 10.0 Å². The van der Waals surface area contributed by atoms with Crippen LogP contribution in [0.2, 0.25) is 0 Å². The minimum atomic E-state index is -3.39. The van der Waals surface area contributed by atoms with Gasteiger partial charge in [-0.15, -0.1) is 11.3 Å². The molecule has 0 fully saturated rings. The predicted octanol–water partition coefficient (Wildman–Crippen LogP) is 1.44. The van der Waals surface area contributed by atoms with Gasteiger partial charge in [-0.2, -0.15) is 0 Å². The number of hydrogen-bond acceptors (Lipinski definition) is 4. The predicted molar refractivity (Wildman–Crippen MR) is 64.1 cm³/mol. The van der Waals surface area contributed by atoms with Gasteiger partial charge in [0.05, 0.1) is 12.6 Å². The zero-order valence-corrected chi connectivity index (χ0v) is 11.4. The number of methoxy groups -OCH3 is 1. The monoisotopic (exact) mass is 313 g/mol. The average molecular weight is 314 g/mol. The van der Waals surface area contributed by atoms with Crippen LogP contribution in [0.15, 0.2) is 21.7 Å². The van der Waals surface area contributed by atoms with Gasteiger partial charge >= 0.3 is 0 Å². The molecule has 1 heterocycles. The third-order valence-corrected chi connectivity index (χ3v) is 5.34. The van der Waals surface area contributed by atoms with E-state index in [1.807, 2.05) is 0 Å². The summed E-state index contributed by atoms with van der Waals surface area (Å²) >= 11 is 4.42. The number of hydrogen-bond donors (Lipinski definition) is 1. The average Bonchev–Trinajstić information content (AvgIpc) is 2.70. The van der Waals surface area contributed by atoms with Crippen molar-refractivity contribution in [1.82, 2.24) is 4.72 Å². The Morgan fingerprint density at radius 2 is 2.40 bits per heavy atom. The van der Waals surface area contributed by atoms with E-state index in [-0.39, 0.29) is 6.04 Å². The molecule has 1 rings (SSSR count). The summed E-state index contributed by atoms with van der Waals surface area (Å²) in [5.74, 6) is 0. The number of ether oxygens (including phenoxy) is 1. The first-order valence-electron chi connectivity index (χ1n) is 4.21. The van der Waals surface area contributed by atoms with Gasteiger partial charge in [-0.05, 0) is 11.4 Å². The van der Waals surface area contributed by atoms with E-state index in [9.17, 15) is 8.42 Å². The van der Waals surface area contributed by atoms with Gasteiger partial charge in [0, 0.05) is 12.4 Å². The van der Waals surface area contributed by atoms with E-state index in [4.69, 9.17) is 4.74 Å². The van der Waals surface area contributed by atoms with E-state index in [1.54, 1.807) is 17.5 Å². The van der Waals surface area contributed by atoms with Gasteiger partial charge in [0.15, 0.2) is 0 Å². The zero-order chi connectivity index (χ0) is 11.3. The summed E-state index contributed by atoms with van der Waals surface area (Å²) < 4.78 is 31.3. The molecule has 1 aromatic rings. The highest BCUT2D eigenvalue weighted by molar-refractivity contribution is 9.09. The Balaban J connectivity index is 2.72. The lowest BCUT2D eigenvalue weighted by Crippen LogP contribution is -2.38. The molecule has 0 spiro atoms. The molecular weight excluding hydrogens is 302 g/mol. The second-order valence-electron chi connectivity index (χ2n) is 2.86. The molecule has 0 saturated carbocycles. The first kappa shape index (κ1) is 13.1. The van der Waals surface area contributed by atoms with Gasteiger partial charge in [0.1, 0.15) is 4.21 Å². The summed E-state index contributed by atoms with van der Waals surface area (Å²) in [6.07, 6.45) is 0. The van der Waals surface area contributed by atoms with E-state index in [0.717, 1.165) is 0 Å². The van der Waals surface area contributed by atoms with Gasteiger partial charge in [0.25, 0.3) is 0 Å². The fraction of sp³-hybridized carbons (Fsp3) is 0.500. The maximum absolute atomic E-state index is 11.8. The van der Waals surface area contributed by atoms with Crippen LogP contribution in [0.1, 0.15) is 0 Å². The van der Waals surface area contributed by atoms with Crippen molar-refractivity contribution in [3.8, 4) is 0 Å². The Bertz CT molecular complexity index is 377. The standard InChI is InChI=1S/C8H12BrNO3S2/c1-13-6-7(5-9)10-15(11,12)8-3-2-4-14-8/h2-4,7,10H,5-6H2,1H3. The van der Waals surface area contributed by atoms with Crippen LogP contribution in [0.3, 0.4) is 0 Å². The van der Waals surface area contributed by atoms with Crippen LogP contribution in [-0.4, -0.2) is 33.5 Å². The van der Waals surface area contributed by atoms with Gasteiger partial charge in [0.2, 0.25) is 10.0 Å². The van der Waals surface area contributed by atoms with Crippen molar-refractivity contribution in [3.63, 3.8) is 0 Å². The largest absolute Gasteiger partial charge is 0.383 e. The lowest BCUT2D eigenvalue weighted by molar-refractivity contribution is 0.182. The van der Waals surface area contributed by atoms with Crippen molar-refractivity contribution in [2.24, 2.45) is 0 Å². The Morgan fingerprint density at radius 3 is 2.87 bits per heavy atom. The Labute approximate surface area is 102 Å². The molecule has 0 saturated heterocycles. The van der Waals surface area contributed by atoms with Crippen molar-refractivity contribution < 1.29 is 13.2 Å². The first-order valence-corrected chi connectivity index (χ1v) is 7.69. The van der Waals surface area contributed by atoms with Crippen LogP contribution < -0.4 is 4.72 Å². The molecule has 0 radical (unpaired) electrons. The molecule has 0 aromatic carbocycles. The third kappa shape index (κ3) is 3.84. The minimum absolute atomic E-state index is 0.248. The summed E-state index contributed by atoms with van der Waals surface area (Å²) in [5.41, 5.74) is 0. The van der Waals surface area contributed by atoms with Crippen LogP contribution in [0.4, 0.5) is 0 Å². The summed E-state index contributed by atoms with van der Waals surface area (Å²) in [4.78, 5) is 0. The van der Waals surface area contributed by atoms with Crippen LogP contribution in [0.5, 0.6) is 0 Å². The summed E-state index contributed by atoms with van der Waals surface area (Å²) in [7, 11) is -1.86. The molecule has 1 N–H and O–H groups in total. The van der Waals surface area contributed by atoms with Crippen LogP contribution >= 0.6 is 27.3 Å². The number of halogens is 1. The molecule has 7 heteroatoms. The molecule has 0 aliphatic carbocycles. The molecule has 0 bridgehead atoms. The first-order chi connectivity index (χ1) is 7.10. The smallest absolute Gasteiger partial charge is 0.250 e. The minimum Gasteiger partial charge on any atom is -0.383 e. The highest BCUT2D eigenvalue weighted by Crippen LogP contribution is 2.15. The van der Waals surface area contributed by atoms with Crippen molar-refractivity contribution in [3.05, 3.63) is 17.5 Å². The lowest BCUT2D eigenvalue weighted by atomic mass is 10.4. The van der Waals surface area contributed by atoms with Gasteiger partial charge in [-0.25, -0.2) is 13.1 Å². The molecule has 0 aliphatic rings. The number of alkyl halides is 1. The van der Waals surface area contributed by atoms with E-state index in [1.165, 1.54) is 18.4 Å². The third-order valence-electron chi connectivity index (χ3n) is 1.64. The van der Waals surface area contributed by atoms with E-state index in [0.29, 0.717) is 16.1 Å². The maximum atomic E-state index is 11.8. The zero-order valence-electron chi connectivity index (χ0n) is 8.14. The van der Waals surface area contributed by atoms with Crippen molar-refractivity contribution in [2.45, 2.75) is 10.3 Å². The van der Waals surface area contributed by atoms with E-state index in [2.05, 4.69) is 20.7 Å². The molecule has 0 aliphatic heterocycles. The van der Waals surface area contributed by atoms with Crippen LogP contribution in [-0.2, 0) is 14.8 Å². The SMILES string of the molecule is COCC(CBr)NS(=O)(=O)c1cccs1. The Hall–Kier alpha value is 0.0500. The highest BCUT2D eigenvalue weighted by Gasteiger charge is 2.19. The van der Waals surface area contributed by atoms with Crippen molar-refractivity contribution >= 4 is 37.3 Å². The Kier molecular flexibility index (Phi) is 5.20. The highest BCUT2D eigenvalue weighted by atomic mass is 79.9. The topological polar surface area (TPSA) is 55.4 Å². The molecule has 1 atom stereocenters. The second-order valence-corrected chi connectivity index (χ2v) is 6.40. The lowest BCUT2D eigenvalue weighted by Gasteiger charge is -2.14.